The summed E-state index contributed by atoms with van der Waals surface area (Å²) in [4.78, 5) is 32.3. The number of aromatic amines is 1. The van der Waals surface area contributed by atoms with Crippen molar-refractivity contribution in [3.63, 3.8) is 0 Å². The van der Waals surface area contributed by atoms with E-state index < -0.39 is 0 Å². The van der Waals surface area contributed by atoms with E-state index in [9.17, 15) is 9.59 Å². The number of amides is 1. The number of hydrogen-bond donors (Lipinski definition) is 1. The number of fused-ring (bicyclic) bond motifs is 1. The molecule has 1 saturated heterocycles. The topological polar surface area (TPSA) is 71.0 Å². The van der Waals surface area contributed by atoms with Gasteiger partial charge in [0.1, 0.15) is 0 Å². The van der Waals surface area contributed by atoms with Gasteiger partial charge in [0.2, 0.25) is 0 Å². The summed E-state index contributed by atoms with van der Waals surface area (Å²) in [5, 5.41) is 4.33. The number of halogens is 1. The van der Waals surface area contributed by atoms with Crippen LogP contribution in [-0.4, -0.2) is 38.7 Å². The molecule has 0 spiro atoms. The SMILES string of the molecule is Cc1ncc2c(=O)n(-c3ccc(Cl)cc3)[nH]c2c1-c1cccc(C(=O)N2CCCC2)c1. The van der Waals surface area contributed by atoms with Gasteiger partial charge >= 0.3 is 0 Å². The minimum absolute atomic E-state index is 0.0457. The van der Waals surface area contributed by atoms with Crippen LogP contribution in [0, 0.1) is 6.92 Å². The first kappa shape index (κ1) is 19.6. The lowest BCUT2D eigenvalue weighted by atomic mass is 9.99. The Kier molecular flexibility index (Phi) is 4.87. The van der Waals surface area contributed by atoms with Gasteiger partial charge in [0.25, 0.3) is 11.5 Å². The van der Waals surface area contributed by atoms with Gasteiger partial charge in [-0.05, 0) is 61.7 Å². The summed E-state index contributed by atoms with van der Waals surface area (Å²) in [7, 11) is 0. The molecule has 0 atom stereocenters. The van der Waals surface area contributed by atoms with Crippen LogP contribution in [0.3, 0.4) is 0 Å². The normalized spacial score (nSPS) is 13.8. The number of nitrogens with zero attached hydrogens (tertiary/aromatic N) is 3. The molecule has 2 aromatic carbocycles. The van der Waals surface area contributed by atoms with Crippen molar-refractivity contribution in [1.29, 1.82) is 0 Å². The van der Waals surface area contributed by atoms with Crippen molar-refractivity contribution in [1.82, 2.24) is 19.7 Å². The molecule has 1 N–H and O–H groups in total. The maximum atomic E-state index is 13.1. The Bertz CT molecular complexity index is 1350. The highest BCUT2D eigenvalue weighted by Crippen LogP contribution is 2.30. The van der Waals surface area contributed by atoms with E-state index in [-0.39, 0.29) is 11.5 Å². The van der Waals surface area contributed by atoms with E-state index in [1.807, 2.05) is 36.1 Å². The van der Waals surface area contributed by atoms with Crippen molar-refractivity contribution in [3.8, 4) is 16.8 Å². The van der Waals surface area contributed by atoms with E-state index in [0.717, 1.165) is 42.8 Å². The minimum atomic E-state index is -0.185. The molecule has 4 aromatic rings. The Balaban J connectivity index is 1.65. The molecule has 0 saturated carbocycles. The molecule has 7 heteroatoms. The summed E-state index contributed by atoms with van der Waals surface area (Å²) in [6, 6.07) is 14.6. The minimum Gasteiger partial charge on any atom is -0.339 e. The molecule has 0 aliphatic carbocycles. The molecule has 1 aliphatic heterocycles. The van der Waals surface area contributed by atoms with Gasteiger partial charge in [-0.2, -0.15) is 0 Å². The van der Waals surface area contributed by atoms with E-state index in [1.54, 1.807) is 30.5 Å². The van der Waals surface area contributed by atoms with Crippen molar-refractivity contribution in [2.45, 2.75) is 19.8 Å². The third-order valence-electron chi connectivity index (χ3n) is 5.80. The number of benzene rings is 2. The zero-order chi connectivity index (χ0) is 21.5. The standard InChI is InChI=1S/C24H21ClN4O2/c1-15-21(16-5-4-6-17(13-16)23(30)28-11-2-3-12-28)22-20(14-26-15)24(31)29(27-22)19-9-7-18(25)8-10-19/h4-10,13-14,27H,2-3,11-12H2,1H3. The number of carbonyl (C=O) groups is 1. The molecule has 31 heavy (non-hydrogen) atoms. The average Bonchev–Trinajstić information content (AvgIpc) is 3.43. The Morgan fingerprint density at radius 3 is 2.58 bits per heavy atom. The number of rotatable bonds is 3. The van der Waals surface area contributed by atoms with Crippen LogP contribution in [-0.2, 0) is 0 Å². The molecule has 5 rings (SSSR count). The lowest BCUT2D eigenvalue weighted by Gasteiger charge is -2.16. The zero-order valence-electron chi connectivity index (χ0n) is 17.1. The van der Waals surface area contributed by atoms with Crippen LogP contribution in [0.1, 0.15) is 28.9 Å². The van der Waals surface area contributed by atoms with Crippen molar-refractivity contribution in [3.05, 3.63) is 81.4 Å². The maximum absolute atomic E-state index is 13.1. The van der Waals surface area contributed by atoms with E-state index in [0.29, 0.717) is 27.2 Å². The number of aryl methyl sites for hydroxylation is 1. The van der Waals surface area contributed by atoms with Crippen molar-refractivity contribution in [2.24, 2.45) is 0 Å². The maximum Gasteiger partial charge on any atom is 0.280 e. The third kappa shape index (κ3) is 3.43. The second kappa shape index (κ2) is 7.71. The number of pyridine rings is 1. The van der Waals surface area contributed by atoms with Gasteiger partial charge in [-0.1, -0.05) is 23.7 Å². The lowest BCUT2D eigenvalue weighted by molar-refractivity contribution is 0.0793. The first-order valence-corrected chi connectivity index (χ1v) is 10.7. The van der Waals surface area contributed by atoms with Crippen LogP contribution in [0.2, 0.25) is 5.02 Å². The molecule has 6 nitrogen and oxygen atoms in total. The first-order chi connectivity index (χ1) is 15.0. The van der Waals surface area contributed by atoms with E-state index in [1.165, 1.54) is 4.68 Å². The number of hydrogen-bond acceptors (Lipinski definition) is 3. The second-order valence-corrected chi connectivity index (χ2v) is 8.25. The van der Waals surface area contributed by atoms with Crippen molar-refractivity contribution < 1.29 is 4.79 Å². The predicted molar refractivity (Wildman–Crippen MR) is 122 cm³/mol. The highest BCUT2D eigenvalue weighted by Gasteiger charge is 2.21. The summed E-state index contributed by atoms with van der Waals surface area (Å²) < 4.78 is 1.49. The molecule has 1 amide bonds. The van der Waals surface area contributed by atoms with Gasteiger partial charge in [0.15, 0.2) is 0 Å². The number of carbonyl (C=O) groups excluding carboxylic acids is 1. The predicted octanol–water partition coefficient (Wildman–Crippen LogP) is 4.58. The molecule has 0 unspecified atom stereocenters. The molecule has 3 heterocycles. The Morgan fingerprint density at radius 2 is 1.84 bits per heavy atom. The van der Waals surface area contributed by atoms with E-state index >= 15 is 0 Å². The largest absolute Gasteiger partial charge is 0.339 e. The molecule has 156 valence electrons. The highest BCUT2D eigenvalue weighted by atomic mass is 35.5. The number of likely N-dealkylation sites (tertiary alicyclic amines) is 1. The van der Waals surface area contributed by atoms with E-state index in [2.05, 4.69) is 10.1 Å². The van der Waals surface area contributed by atoms with Crippen LogP contribution < -0.4 is 5.56 Å². The van der Waals surface area contributed by atoms with Gasteiger partial charge in [-0.25, -0.2) is 4.68 Å². The smallest absolute Gasteiger partial charge is 0.280 e. The van der Waals surface area contributed by atoms with Crippen LogP contribution >= 0.6 is 11.6 Å². The Morgan fingerprint density at radius 1 is 1.10 bits per heavy atom. The summed E-state index contributed by atoms with van der Waals surface area (Å²) in [5.74, 6) is 0.0457. The molecular weight excluding hydrogens is 412 g/mol. The van der Waals surface area contributed by atoms with Gasteiger partial charge in [0.05, 0.1) is 16.6 Å². The Labute approximate surface area is 184 Å². The molecule has 2 aromatic heterocycles. The molecular formula is C24H21ClN4O2. The van der Waals surface area contributed by atoms with Gasteiger partial charge in [-0.15, -0.1) is 0 Å². The van der Waals surface area contributed by atoms with Gasteiger partial charge in [-0.3, -0.25) is 19.7 Å². The third-order valence-corrected chi connectivity index (χ3v) is 6.05. The molecule has 1 fully saturated rings. The number of nitrogens with one attached hydrogen (secondary N) is 1. The summed E-state index contributed by atoms with van der Waals surface area (Å²) in [5.41, 5.74) is 4.29. The van der Waals surface area contributed by atoms with Crippen LogP contribution in [0.25, 0.3) is 27.7 Å². The lowest BCUT2D eigenvalue weighted by Crippen LogP contribution is -2.27. The quantitative estimate of drug-likeness (QED) is 0.515. The number of H-pyrrole nitrogens is 1. The molecule has 0 bridgehead atoms. The van der Waals surface area contributed by atoms with Crippen molar-refractivity contribution >= 4 is 28.4 Å². The molecule has 1 aliphatic rings. The van der Waals surface area contributed by atoms with Gasteiger partial charge in [0, 0.05) is 41.1 Å². The van der Waals surface area contributed by atoms with Crippen LogP contribution in [0.4, 0.5) is 0 Å². The zero-order valence-corrected chi connectivity index (χ0v) is 17.8. The fourth-order valence-corrected chi connectivity index (χ4v) is 4.33. The fraction of sp³-hybridized carbons (Fsp3) is 0.208. The highest BCUT2D eigenvalue weighted by molar-refractivity contribution is 6.30. The molecule has 0 radical (unpaired) electrons. The van der Waals surface area contributed by atoms with Crippen molar-refractivity contribution in [2.75, 3.05) is 13.1 Å². The summed E-state index contributed by atoms with van der Waals surface area (Å²) in [6.07, 6.45) is 3.69. The monoisotopic (exact) mass is 432 g/mol. The fourth-order valence-electron chi connectivity index (χ4n) is 4.20. The van der Waals surface area contributed by atoms with Crippen LogP contribution in [0.5, 0.6) is 0 Å². The van der Waals surface area contributed by atoms with Crippen LogP contribution in [0.15, 0.2) is 59.5 Å². The average molecular weight is 433 g/mol. The van der Waals surface area contributed by atoms with Gasteiger partial charge < -0.3 is 4.90 Å². The summed E-state index contributed by atoms with van der Waals surface area (Å²) in [6.45, 7) is 3.51. The second-order valence-electron chi connectivity index (χ2n) is 7.82. The Hall–Kier alpha value is -3.38. The first-order valence-electron chi connectivity index (χ1n) is 10.3. The number of aromatic nitrogens is 3. The summed E-state index contributed by atoms with van der Waals surface area (Å²) >= 11 is 5.99. The van der Waals surface area contributed by atoms with E-state index in [4.69, 9.17) is 11.6 Å².